The molecule has 390 valence electrons. The topological polar surface area (TPSA) is 249 Å². The maximum Gasteiger partial charge on any atom is 0.408 e. The average molecular weight is 1000 g/mol. The van der Waals surface area contributed by atoms with Crippen molar-refractivity contribution in [2.45, 2.75) is 135 Å². The lowest BCUT2D eigenvalue weighted by Crippen LogP contribution is -2.61. The smallest absolute Gasteiger partial charge is 0.408 e. The van der Waals surface area contributed by atoms with E-state index in [1.807, 2.05) is 56.3 Å². The van der Waals surface area contributed by atoms with Crippen molar-refractivity contribution in [1.82, 2.24) is 30.5 Å². The molecule has 3 aliphatic heterocycles. The van der Waals surface area contributed by atoms with Crippen molar-refractivity contribution in [3.8, 4) is 11.4 Å². The van der Waals surface area contributed by atoms with Gasteiger partial charge in [-0.2, -0.15) is 0 Å². The number of ether oxygens (including phenoxy) is 6. The molecule has 1 aromatic carbocycles. The highest BCUT2D eigenvalue weighted by Gasteiger charge is 2.58. The largest absolute Gasteiger partial charge is 0.458 e. The number of likely N-dealkylation sites (N-methyl/N-ethyl adjacent to an activating group) is 1. The molecule has 0 aliphatic carbocycles. The maximum absolute atomic E-state index is 14.8. The van der Waals surface area contributed by atoms with E-state index in [1.54, 1.807) is 78.2 Å². The number of hydrogen-bond acceptors (Lipinski definition) is 18. The van der Waals surface area contributed by atoms with Crippen LogP contribution in [0.4, 0.5) is 9.59 Å². The Hall–Kier alpha value is -6.35. The van der Waals surface area contributed by atoms with Crippen molar-refractivity contribution in [3.05, 3.63) is 84.5 Å². The van der Waals surface area contributed by atoms with E-state index in [4.69, 9.17) is 33.3 Å². The summed E-state index contributed by atoms with van der Waals surface area (Å²) in [7, 11) is 4.89. The summed E-state index contributed by atoms with van der Waals surface area (Å²) in [5.74, 6) is -5.90. The fourth-order valence-electron chi connectivity index (χ4n) is 10.2. The molecule has 0 saturated carbocycles. The van der Waals surface area contributed by atoms with E-state index in [0.717, 1.165) is 11.1 Å². The zero-order chi connectivity index (χ0) is 52.5. The number of aliphatic hydroxyl groups is 1. The molecule has 0 unspecified atom stereocenters. The molecule has 2 amide bonds. The van der Waals surface area contributed by atoms with Crippen molar-refractivity contribution in [2.24, 2.45) is 28.8 Å². The predicted octanol–water partition coefficient (Wildman–Crippen LogP) is 5.52. The average Bonchev–Trinajstić information content (AvgIpc) is 3.68. The third-order valence-corrected chi connectivity index (χ3v) is 13.9. The molecular weight excluding hydrogens is 931 g/mol. The Labute approximate surface area is 420 Å². The van der Waals surface area contributed by atoms with Gasteiger partial charge in [0.05, 0.1) is 18.1 Å². The molecule has 0 radical (unpaired) electrons. The first-order chi connectivity index (χ1) is 34.2. The van der Waals surface area contributed by atoms with Crippen molar-refractivity contribution in [2.75, 3.05) is 27.7 Å². The van der Waals surface area contributed by atoms with Gasteiger partial charge in [0.1, 0.15) is 42.9 Å². The van der Waals surface area contributed by atoms with Crippen LogP contribution in [0, 0.1) is 23.7 Å². The molecule has 3 aromatic rings. The zero-order valence-electron chi connectivity index (χ0n) is 42.8. The minimum atomic E-state index is -1.84. The molecule has 3 aliphatic rings. The summed E-state index contributed by atoms with van der Waals surface area (Å²) in [5, 5.41) is 21.5. The normalized spacial score (nSPS) is 32.7. The number of aliphatic hydroxyl groups excluding tert-OH is 1. The van der Waals surface area contributed by atoms with Gasteiger partial charge < -0.3 is 53.9 Å². The van der Waals surface area contributed by atoms with Crippen LogP contribution in [0.2, 0.25) is 0 Å². The number of esters is 2. The van der Waals surface area contributed by atoms with E-state index in [9.17, 15) is 29.1 Å². The van der Waals surface area contributed by atoms with Gasteiger partial charge in [0.25, 0.3) is 0 Å². The molecule has 14 atom stereocenters. The fourth-order valence-corrected chi connectivity index (χ4v) is 10.2. The Morgan fingerprint density at radius 2 is 1.71 bits per heavy atom. The first-order valence-electron chi connectivity index (χ1n) is 24.3. The number of rotatable bonds is 13. The summed E-state index contributed by atoms with van der Waals surface area (Å²) in [4.78, 5) is 91.0. The van der Waals surface area contributed by atoms with Crippen LogP contribution >= 0.6 is 0 Å². The van der Waals surface area contributed by atoms with Gasteiger partial charge in [-0.15, -0.1) is 0 Å². The molecule has 72 heavy (non-hydrogen) atoms. The van der Waals surface area contributed by atoms with Gasteiger partial charge in [0.2, 0.25) is 0 Å². The Morgan fingerprint density at radius 3 is 2.35 bits per heavy atom. The number of carbonyl (C=O) groups excluding carboxylic acids is 5. The second kappa shape index (κ2) is 23.9. The maximum atomic E-state index is 14.8. The van der Waals surface area contributed by atoms with Crippen molar-refractivity contribution >= 4 is 41.7 Å². The molecule has 0 spiro atoms. The van der Waals surface area contributed by atoms with Gasteiger partial charge >= 0.3 is 24.1 Å². The summed E-state index contributed by atoms with van der Waals surface area (Å²) in [5.41, 5.74) is -1.74. The molecule has 20 nitrogen and oxygen atoms in total. The number of aromatic nitrogens is 3. The van der Waals surface area contributed by atoms with E-state index >= 15 is 0 Å². The van der Waals surface area contributed by atoms with Crippen LogP contribution in [0.5, 0.6) is 0 Å². The van der Waals surface area contributed by atoms with Crippen molar-refractivity contribution in [3.63, 3.8) is 0 Å². The number of nitrogens with one attached hydrogen (secondary N) is 2. The summed E-state index contributed by atoms with van der Waals surface area (Å²) < 4.78 is 38.2. The second-order valence-electron chi connectivity index (χ2n) is 19.5. The number of cyclic esters (lactones) is 1. The van der Waals surface area contributed by atoms with Gasteiger partial charge in [-0.3, -0.25) is 14.6 Å². The van der Waals surface area contributed by atoms with Crippen LogP contribution in [0.15, 0.2) is 78.5 Å². The number of alkyl carbamates (subject to hydrolysis) is 2. The number of amides is 2. The second-order valence-corrected chi connectivity index (χ2v) is 19.5. The molecular formula is C52H69N7O13. The van der Waals surface area contributed by atoms with Crippen LogP contribution in [0.25, 0.3) is 17.5 Å². The first kappa shape index (κ1) is 55.0. The molecule has 0 bridgehead atoms. The molecule has 5 heterocycles. The standard InChI is InChI=1S/C52H69N7O13/c1-12-38-52(8)43(57-50(65)72-52)31(4)40(60)29(2)27-51(7,71-49(64)56-23-13-16-34-18-20-35(21-19-34)45-54-24-15-25-55-45)44(70-48-41(61)37(59(9)10)26-30(3)67-48)32(5)42(33(6)46(62)68-38)69-47(63)39(58-66-11)36-17-14-22-53-28-36/h13-22,24-25,28-33,37-38,41-44,48,61H,12,23,26-27H2,1-11H3,(H,56,64)(H,57,65)/b16-13+,58-39+/t29-,30-,31+,32+,33-,37+,38-,41-,42+,43-,44-,48+,51-,52-/m1/s1. The van der Waals surface area contributed by atoms with Gasteiger partial charge in [-0.25, -0.2) is 24.4 Å². The van der Waals surface area contributed by atoms with E-state index in [2.05, 4.69) is 30.7 Å². The molecule has 3 N–H and O–H groups in total. The third-order valence-electron chi connectivity index (χ3n) is 13.9. The van der Waals surface area contributed by atoms with Crippen LogP contribution < -0.4 is 10.6 Å². The quantitative estimate of drug-likeness (QED) is 0.0826. The number of hydrogen-bond donors (Lipinski definition) is 3. The lowest BCUT2D eigenvalue weighted by molar-refractivity contribution is -0.298. The number of pyridine rings is 1. The predicted molar refractivity (Wildman–Crippen MR) is 263 cm³/mol. The number of fused-ring (bicyclic) bond motifs is 1. The fraction of sp³-hybridized carbons (Fsp3) is 0.558. The minimum absolute atomic E-state index is 0.00909. The number of carbonyl (C=O) groups is 5. The molecule has 3 fully saturated rings. The summed E-state index contributed by atoms with van der Waals surface area (Å²) in [6.45, 7) is 13.3. The number of ketones is 1. The highest BCUT2D eigenvalue weighted by Crippen LogP contribution is 2.42. The minimum Gasteiger partial charge on any atom is -0.458 e. The SMILES string of the molecule is CC[C@H]1OC(=O)[C@H](C)[C@@H](OC(=O)/C(=N/OC)c2cccnc2)[C@H](C)[C@@H](O[C@@H]2O[C@H](C)C[C@H](N(C)C)[C@H]2O)[C@](C)(OC(=O)NC/C=C/c2ccc(-c3ncccn3)cc2)C[C@@H](C)C(=O)[C@H](C)[C@H]2NC(=O)O[C@@]21C. The molecule has 3 saturated heterocycles. The summed E-state index contributed by atoms with van der Waals surface area (Å²) >= 11 is 0. The molecule has 2 aromatic heterocycles. The van der Waals surface area contributed by atoms with E-state index in [-0.39, 0.29) is 36.4 Å². The highest BCUT2D eigenvalue weighted by atomic mass is 16.7. The zero-order valence-corrected chi connectivity index (χ0v) is 42.8. The molecule has 6 rings (SSSR count). The summed E-state index contributed by atoms with van der Waals surface area (Å²) in [6.07, 6.45) is 1.47. The van der Waals surface area contributed by atoms with Crippen LogP contribution in [-0.4, -0.2) is 148 Å². The van der Waals surface area contributed by atoms with E-state index in [0.29, 0.717) is 12.2 Å². The van der Waals surface area contributed by atoms with Gasteiger partial charge in [-0.1, -0.05) is 69.3 Å². The monoisotopic (exact) mass is 999 g/mol. The van der Waals surface area contributed by atoms with Gasteiger partial charge in [0.15, 0.2) is 23.4 Å². The third kappa shape index (κ3) is 12.6. The van der Waals surface area contributed by atoms with Gasteiger partial charge in [-0.05, 0) is 84.8 Å². The van der Waals surface area contributed by atoms with E-state index < -0.39 is 108 Å². The van der Waals surface area contributed by atoms with Gasteiger partial charge in [0, 0.05) is 66.3 Å². The van der Waals surface area contributed by atoms with Crippen LogP contribution in [-0.2, 0) is 47.6 Å². The van der Waals surface area contributed by atoms with Crippen molar-refractivity contribution < 1.29 is 62.3 Å². The Morgan fingerprint density at radius 1 is 1.00 bits per heavy atom. The van der Waals surface area contributed by atoms with Crippen LogP contribution in [0.3, 0.4) is 0 Å². The highest BCUT2D eigenvalue weighted by molar-refractivity contribution is 6.43. The number of oxime groups is 1. The van der Waals surface area contributed by atoms with E-state index in [1.165, 1.54) is 26.4 Å². The summed E-state index contributed by atoms with van der Waals surface area (Å²) in [6, 6.07) is 11.0. The van der Waals surface area contributed by atoms with Crippen molar-refractivity contribution in [1.29, 1.82) is 0 Å². The Bertz CT molecular complexity index is 2410. The van der Waals surface area contributed by atoms with Crippen LogP contribution in [0.1, 0.15) is 85.8 Å². The molecule has 20 heteroatoms. The number of nitrogens with zero attached hydrogens (tertiary/aromatic N) is 5. The first-order valence-corrected chi connectivity index (χ1v) is 24.3. The Balaban J connectivity index is 1.44. The lowest BCUT2D eigenvalue weighted by atomic mass is 9.73. The Kier molecular flexibility index (Phi) is 18.3. The lowest BCUT2D eigenvalue weighted by Gasteiger charge is -2.48. The number of benzene rings is 1. The number of Topliss-reactive ketones (excluding diaryl/α,β-unsaturated/α-hetero) is 1.